The predicted molar refractivity (Wildman–Crippen MR) is 93.6 cm³/mol. The Bertz CT molecular complexity index is 256. The van der Waals surface area contributed by atoms with E-state index < -0.39 is 0 Å². The molecule has 0 radical (unpaired) electrons. The van der Waals surface area contributed by atoms with E-state index in [1.165, 1.54) is 58.4 Å². The van der Waals surface area contributed by atoms with Crippen LogP contribution in [0.1, 0.15) is 60.3 Å². The molecule has 0 aromatic carbocycles. The Hall–Kier alpha value is -0.120. The number of hydrogen-bond acceptors (Lipinski definition) is 3. The van der Waals surface area contributed by atoms with Gasteiger partial charge in [0.1, 0.15) is 0 Å². The molecule has 1 saturated heterocycles. The van der Waals surface area contributed by atoms with Crippen LogP contribution in [0, 0.1) is 11.8 Å². The van der Waals surface area contributed by atoms with E-state index in [0.717, 1.165) is 18.4 Å². The molecule has 3 heteroatoms. The quantitative estimate of drug-likeness (QED) is 0.709. The summed E-state index contributed by atoms with van der Waals surface area (Å²) in [6.07, 6.45) is 5.07. The third-order valence-electron chi connectivity index (χ3n) is 5.24. The second kappa shape index (κ2) is 9.12. The molecule has 0 aromatic rings. The molecular weight excluding hydrogens is 258 g/mol. The Morgan fingerprint density at radius 1 is 1.00 bits per heavy atom. The first kappa shape index (κ1) is 18.9. The van der Waals surface area contributed by atoms with Gasteiger partial charge in [-0.1, -0.05) is 34.6 Å². The van der Waals surface area contributed by atoms with E-state index in [-0.39, 0.29) is 5.54 Å². The highest BCUT2D eigenvalue weighted by Gasteiger charge is 2.38. The van der Waals surface area contributed by atoms with Gasteiger partial charge in [0, 0.05) is 12.1 Å². The molecule has 126 valence electrons. The number of hydrogen-bond donors (Lipinski definition) is 1. The molecule has 2 N–H and O–H groups in total. The second-order valence-corrected chi connectivity index (χ2v) is 7.71. The molecule has 3 nitrogen and oxygen atoms in total. The van der Waals surface area contributed by atoms with Crippen LogP contribution >= 0.6 is 0 Å². The van der Waals surface area contributed by atoms with Crippen LogP contribution < -0.4 is 5.73 Å². The van der Waals surface area contributed by atoms with Crippen LogP contribution in [0.25, 0.3) is 0 Å². The first-order valence-corrected chi connectivity index (χ1v) is 9.11. The molecule has 0 amide bonds. The highest BCUT2D eigenvalue weighted by molar-refractivity contribution is 4.96. The van der Waals surface area contributed by atoms with Gasteiger partial charge < -0.3 is 10.6 Å². The van der Waals surface area contributed by atoms with E-state index in [0.29, 0.717) is 0 Å². The van der Waals surface area contributed by atoms with E-state index in [4.69, 9.17) is 5.73 Å². The summed E-state index contributed by atoms with van der Waals surface area (Å²) in [5.74, 6) is 1.55. The summed E-state index contributed by atoms with van der Waals surface area (Å²) < 4.78 is 0. The fourth-order valence-electron chi connectivity index (χ4n) is 3.35. The SMILES string of the molecule is CCN1CCC(CN)(N(CCC(C)C)CCC(C)C)CC1. The first-order valence-electron chi connectivity index (χ1n) is 9.11. The average Bonchev–Trinajstić information content (AvgIpc) is 2.47. The minimum absolute atomic E-state index is 0.259. The molecule has 0 aromatic heterocycles. The summed E-state index contributed by atoms with van der Waals surface area (Å²) >= 11 is 0. The van der Waals surface area contributed by atoms with Gasteiger partial charge >= 0.3 is 0 Å². The third-order valence-corrected chi connectivity index (χ3v) is 5.24. The first-order chi connectivity index (χ1) is 9.93. The zero-order valence-electron chi connectivity index (χ0n) is 15.2. The van der Waals surface area contributed by atoms with Crippen LogP contribution in [-0.2, 0) is 0 Å². The maximum Gasteiger partial charge on any atom is 0.0356 e. The van der Waals surface area contributed by atoms with Gasteiger partial charge in [-0.2, -0.15) is 0 Å². The number of likely N-dealkylation sites (tertiary alicyclic amines) is 1. The molecule has 0 spiro atoms. The van der Waals surface area contributed by atoms with Crippen molar-refractivity contribution in [3.63, 3.8) is 0 Å². The van der Waals surface area contributed by atoms with Gasteiger partial charge in [-0.15, -0.1) is 0 Å². The van der Waals surface area contributed by atoms with E-state index >= 15 is 0 Å². The van der Waals surface area contributed by atoms with E-state index in [1.54, 1.807) is 0 Å². The van der Waals surface area contributed by atoms with Crippen molar-refractivity contribution in [2.75, 3.05) is 39.3 Å². The molecule has 1 fully saturated rings. The van der Waals surface area contributed by atoms with Gasteiger partial charge in [-0.3, -0.25) is 4.90 Å². The van der Waals surface area contributed by atoms with E-state index in [1.807, 2.05) is 0 Å². The summed E-state index contributed by atoms with van der Waals surface area (Å²) in [5, 5.41) is 0. The summed E-state index contributed by atoms with van der Waals surface area (Å²) in [7, 11) is 0. The maximum atomic E-state index is 6.28. The molecule has 0 saturated carbocycles. The molecule has 21 heavy (non-hydrogen) atoms. The van der Waals surface area contributed by atoms with Crippen molar-refractivity contribution >= 4 is 0 Å². The van der Waals surface area contributed by atoms with Gasteiger partial charge in [0.05, 0.1) is 0 Å². The fourth-order valence-corrected chi connectivity index (χ4v) is 3.35. The second-order valence-electron chi connectivity index (χ2n) is 7.71. The van der Waals surface area contributed by atoms with Gasteiger partial charge in [0.25, 0.3) is 0 Å². The zero-order valence-corrected chi connectivity index (χ0v) is 15.2. The van der Waals surface area contributed by atoms with Crippen LogP contribution in [0.2, 0.25) is 0 Å². The molecular formula is C18H39N3. The van der Waals surface area contributed by atoms with Gasteiger partial charge in [-0.05, 0) is 70.2 Å². The Balaban J connectivity index is 2.71. The molecule has 0 bridgehead atoms. The highest BCUT2D eigenvalue weighted by atomic mass is 15.2. The Kier molecular flexibility index (Phi) is 8.22. The van der Waals surface area contributed by atoms with Crippen molar-refractivity contribution < 1.29 is 0 Å². The van der Waals surface area contributed by atoms with Crippen LogP contribution in [0.5, 0.6) is 0 Å². The predicted octanol–water partition coefficient (Wildman–Crippen LogP) is 3.19. The van der Waals surface area contributed by atoms with Crippen molar-refractivity contribution in [3.8, 4) is 0 Å². The third kappa shape index (κ3) is 5.88. The standard InChI is InChI=1S/C18H39N3/c1-6-20-13-9-18(15-19,10-14-20)21(11-7-16(2)3)12-8-17(4)5/h16-17H,6-15,19H2,1-5H3. The lowest BCUT2D eigenvalue weighted by atomic mass is 9.84. The molecule has 1 heterocycles. The molecule has 0 unspecified atom stereocenters. The van der Waals surface area contributed by atoms with E-state index in [2.05, 4.69) is 44.4 Å². The normalized spacial score (nSPS) is 19.9. The van der Waals surface area contributed by atoms with Crippen LogP contribution in [0.4, 0.5) is 0 Å². The summed E-state index contributed by atoms with van der Waals surface area (Å²) in [4.78, 5) is 5.32. The summed E-state index contributed by atoms with van der Waals surface area (Å²) in [5.41, 5.74) is 6.54. The number of rotatable bonds is 9. The van der Waals surface area contributed by atoms with Gasteiger partial charge in [-0.25, -0.2) is 0 Å². The van der Waals surface area contributed by atoms with Crippen molar-refractivity contribution in [2.45, 2.75) is 65.8 Å². The molecule has 1 rings (SSSR count). The number of nitrogens with two attached hydrogens (primary N) is 1. The van der Waals surface area contributed by atoms with Crippen LogP contribution in [0.15, 0.2) is 0 Å². The Morgan fingerprint density at radius 3 is 1.81 bits per heavy atom. The smallest absolute Gasteiger partial charge is 0.0356 e. The average molecular weight is 298 g/mol. The topological polar surface area (TPSA) is 32.5 Å². The highest BCUT2D eigenvalue weighted by Crippen LogP contribution is 2.29. The Labute approximate surface area is 133 Å². The Morgan fingerprint density at radius 2 is 1.48 bits per heavy atom. The molecule has 1 aliphatic rings. The van der Waals surface area contributed by atoms with Crippen LogP contribution in [0.3, 0.4) is 0 Å². The summed E-state index contributed by atoms with van der Waals surface area (Å²) in [6.45, 7) is 18.4. The maximum absolute atomic E-state index is 6.28. The summed E-state index contributed by atoms with van der Waals surface area (Å²) in [6, 6.07) is 0. The zero-order chi connectivity index (χ0) is 15.9. The van der Waals surface area contributed by atoms with Gasteiger partial charge in [0.2, 0.25) is 0 Å². The van der Waals surface area contributed by atoms with Crippen molar-refractivity contribution in [1.29, 1.82) is 0 Å². The lowest BCUT2D eigenvalue weighted by Crippen LogP contribution is -2.60. The largest absolute Gasteiger partial charge is 0.329 e. The lowest BCUT2D eigenvalue weighted by Gasteiger charge is -2.49. The van der Waals surface area contributed by atoms with Crippen molar-refractivity contribution in [1.82, 2.24) is 9.80 Å². The van der Waals surface area contributed by atoms with Crippen LogP contribution in [-0.4, -0.2) is 54.6 Å². The number of piperidine rings is 1. The monoisotopic (exact) mass is 297 g/mol. The molecule has 1 aliphatic heterocycles. The minimum atomic E-state index is 0.259. The fraction of sp³-hybridized carbons (Fsp3) is 1.00. The lowest BCUT2D eigenvalue weighted by molar-refractivity contribution is 0.0221. The number of nitrogens with zero attached hydrogens (tertiary/aromatic N) is 2. The molecule has 0 aliphatic carbocycles. The van der Waals surface area contributed by atoms with Crippen molar-refractivity contribution in [3.05, 3.63) is 0 Å². The van der Waals surface area contributed by atoms with Gasteiger partial charge in [0.15, 0.2) is 0 Å². The van der Waals surface area contributed by atoms with E-state index in [9.17, 15) is 0 Å². The molecule has 0 atom stereocenters. The van der Waals surface area contributed by atoms with Crippen molar-refractivity contribution in [2.24, 2.45) is 17.6 Å². The minimum Gasteiger partial charge on any atom is -0.329 e.